The zero-order valence-electron chi connectivity index (χ0n) is 12.8. The van der Waals surface area contributed by atoms with Crippen molar-refractivity contribution in [2.24, 2.45) is 0 Å². The lowest BCUT2D eigenvalue weighted by Gasteiger charge is -2.18. The maximum Gasteiger partial charge on any atom is 0.231 e. The number of carbonyl (C=O) groups excluding carboxylic acids is 1. The molecule has 0 spiro atoms. The molecule has 0 bridgehead atoms. The van der Waals surface area contributed by atoms with Gasteiger partial charge in [0.1, 0.15) is 0 Å². The first kappa shape index (κ1) is 17.5. The molecular formula is C16H17BrN2O3S. The van der Waals surface area contributed by atoms with Crippen LogP contribution in [-0.2, 0) is 21.2 Å². The predicted molar refractivity (Wildman–Crippen MR) is 96.2 cm³/mol. The van der Waals surface area contributed by atoms with Crippen LogP contribution in [0.25, 0.3) is 0 Å². The number of hydrogen-bond acceptors (Lipinski definition) is 3. The van der Waals surface area contributed by atoms with Crippen LogP contribution in [-0.4, -0.2) is 27.6 Å². The first-order valence-electron chi connectivity index (χ1n) is 6.83. The van der Waals surface area contributed by atoms with E-state index in [2.05, 4.69) is 20.7 Å². The molecule has 1 N–H and O–H groups in total. The van der Waals surface area contributed by atoms with E-state index in [9.17, 15) is 13.2 Å². The van der Waals surface area contributed by atoms with Crippen LogP contribution in [0.15, 0.2) is 53.0 Å². The first-order valence-corrected chi connectivity index (χ1v) is 9.52. The number of nitrogens with zero attached hydrogens (tertiary/aromatic N) is 1. The second-order valence-electron chi connectivity index (χ2n) is 5.18. The minimum atomic E-state index is -3.31. The Balaban J connectivity index is 2.07. The van der Waals surface area contributed by atoms with Gasteiger partial charge in [0.15, 0.2) is 0 Å². The molecule has 2 aromatic rings. The second kappa shape index (κ2) is 7.14. The molecule has 0 atom stereocenters. The topological polar surface area (TPSA) is 66.5 Å². The molecule has 2 aromatic carbocycles. The van der Waals surface area contributed by atoms with E-state index in [4.69, 9.17) is 0 Å². The molecule has 0 fully saturated rings. The highest BCUT2D eigenvalue weighted by atomic mass is 79.9. The maximum absolute atomic E-state index is 12.3. The fourth-order valence-electron chi connectivity index (χ4n) is 2.05. The Labute approximate surface area is 144 Å². The Morgan fingerprint density at radius 2 is 1.83 bits per heavy atom. The van der Waals surface area contributed by atoms with Gasteiger partial charge in [-0.2, -0.15) is 0 Å². The first-order chi connectivity index (χ1) is 10.7. The van der Waals surface area contributed by atoms with Crippen LogP contribution in [0.3, 0.4) is 0 Å². The molecule has 122 valence electrons. The largest absolute Gasteiger partial charge is 0.315 e. The lowest BCUT2D eigenvalue weighted by Crippen LogP contribution is -2.27. The van der Waals surface area contributed by atoms with Crippen molar-refractivity contribution in [1.29, 1.82) is 0 Å². The van der Waals surface area contributed by atoms with E-state index in [0.29, 0.717) is 17.8 Å². The lowest BCUT2D eigenvalue weighted by molar-refractivity contribution is -0.117. The SMILES string of the molecule is CN(C(=O)Cc1cccc(Br)c1)c1ccc(NS(C)(=O)=O)cc1. The van der Waals surface area contributed by atoms with Crippen LogP contribution in [0.1, 0.15) is 5.56 Å². The third kappa shape index (κ3) is 5.37. The summed E-state index contributed by atoms with van der Waals surface area (Å²) >= 11 is 3.38. The van der Waals surface area contributed by atoms with Gasteiger partial charge in [-0.1, -0.05) is 28.1 Å². The van der Waals surface area contributed by atoms with Crippen molar-refractivity contribution in [1.82, 2.24) is 0 Å². The van der Waals surface area contributed by atoms with Crippen molar-refractivity contribution in [2.45, 2.75) is 6.42 Å². The van der Waals surface area contributed by atoms with Crippen LogP contribution < -0.4 is 9.62 Å². The van der Waals surface area contributed by atoms with Gasteiger partial charge in [-0.3, -0.25) is 9.52 Å². The molecule has 0 aliphatic rings. The third-order valence-corrected chi connectivity index (χ3v) is 4.28. The van der Waals surface area contributed by atoms with E-state index < -0.39 is 10.0 Å². The number of amides is 1. The van der Waals surface area contributed by atoms with Gasteiger partial charge in [-0.25, -0.2) is 8.42 Å². The molecule has 0 radical (unpaired) electrons. The van der Waals surface area contributed by atoms with Gasteiger partial charge in [0.25, 0.3) is 0 Å². The fourth-order valence-corrected chi connectivity index (χ4v) is 3.06. The zero-order chi connectivity index (χ0) is 17.0. The molecule has 0 saturated carbocycles. The van der Waals surface area contributed by atoms with Crippen molar-refractivity contribution >= 4 is 43.2 Å². The molecule has 0 aromatic heterocycles. The number of sulfonamides is 1. The number of rotatable bonds is 5. The van der Waals surface area contributed by atoms with Crippen molar-refractivity contribution in [3.05, 3.63) is 58.6 Å². The molecule has 1 amide bonds. The van der Waals surface area contributed by atoms with Crippen molar-refractivity contribution in [3.63, 3.8) is 0 Å². The third-order valence-electron chi connectivity index (χ3n) is 3.18. The van der Waals surface area contributed by atoms with E-state index in [1.54, 1.807) is 36.2 Å². The summed E-state index contributed by atoms with van der Waals surface area (Å²) in [4.78, 5) is 13.9. The summed E-state index contributed by atoms with van der Waals surface area (Å²) in [5.41, 5.74) is 2.08. The number of benzene rings is 2. The average molecular weight is 397 g/mol. The minimum Gasteiger partial charge on any atom is -0.315 e. The fraction of sp³-hybridized carbons (Fsp3) is 0.188. The second-order valence-corrected chi connectivity index (χ2v) is 7.84. The number of hydrogen-bond donors (Lipinski definition) is 1. The standard InChI is InChI=1S/C16H17BrN2O3S/c1-19(16(20)11-12-4-3-5-13(17)10-12)15-8-6-14(7-9-15)18-23(2,21)22/h3-10,18H,11H2,1-2H3. The van der Waals surface area contributed by atoms with Gasteiger partial charge in [-0.15, -0.1) is 0 Å². The Kier molecular flexibility index (Phi) is 5.43. The van der Waals surface area contributed by atoms with Crippen LogP contribution in [0.5, 0.6) is 0 Å². The van der Waals surface area contributed by atoms with Crippen LogP contribution in [0, 0.1) is 0 Å². The summed E-state index contributed by atoms with van der Waals surface area (Å²) < 4.78 is 25.7. The van der Waals surface area contributed by atoms with Gasteiger partial charge in [0.2, 0.25) is 15.9 Å². The molecule has 0 saturated heterocycles. The Morgan fingerprint density at radius 1 is 1.17 bits per heavy atom. The van der Waals surface area contributed by atoms with Gasteiger partial charge < -0.3 is 4.90 Å². The highest BCUT2D eigenvalue weighted by Gasteiger charge is 2.12. The van der Waals surface area contributed by atoms with Gasteiger partial charge in [0.05, 0.1) is 12.7 Å². The van der Waals surface area contributed by atoms with Gasteiger partial charge in [-0.05, 0) is 42.0 Å². The molecule has 7 heteroatoms. The molecule has 5 nitrogen and oxygen atoms in total. The van der Waals surface area contributed by atoms with Crippen LogP contribution >= 0.6 is 15.9 Å². The zero-order valence-corrected chi connectivity index (χ0v) is 15.2. The summed E-state index contributed by atoms with van der Waals surface area (Å²) in [6.45, 7) is 0. The molecule has 0 heterocycles. The molecule has 0 aliphatic heterocycles. The Bertz CT molecular complexity index is 804. The normalized spacial score (nSPS) is 11.1. The summed E-state index contributed by atoms with van der Waals surface area (Å²) in [6, 6.07) is 14.3. The number of anilines is 2. The number of halogens is 1. The van der Waals surface area contributed by atoms with Crippen LogP contribution in [0.4, 0.5) is 11.4 Å². The highest BCUT2D eigenvalue weighted by Crippen LogP contribution is 2.19. The van der Waals surface area contributed by atoms with E-state index in [-0.39, 0.29) is 5.91 Å². The lowest BCUT2D eigenvalue weighted by atomic mass is 10.1. The van der Waals surface area contributed by atoms with Gasteiger partial charge >= 0.3 is 0 Å². The Hall–Kier alpha value is -1.86. The Morgan fingerprint density at radius 3 is 2.39 bits per heavy atom. The van der Waals surface area contributed by atoms with Gasteiger partial charge in [0, 0.05) is 22.9 Å². The summed E-state index contributed by atoms with van der Waals surface area (Å²) in [5, 5.41) is 0. The van der Waals surface area contributed by atoms with E-state index in [1.807, 2.05) is 24.3 Å². The quantitative estimate of drug-likeness (QED) is 0.844. The highest BCUT2D eigenvalue weighted by molar-refractivity contribution is 9.10. The van der Waals surface area contributed by atoms with Crippen molar-refractivity contribution in [3.8, 4) is 0 Å². The summed E-state index contributed by atoms with van der Waals surface area (Å²) in [7, 11) is -1.61. The van der Waals surface area contributed by atoms with E-state index in [0.717, 1.165) is 16.3 Å². The average Bonchev–Trinajstić information content (AvgIpc) is 2.45. The van der Waals surface area contributed by atoms with Crippen molar-refractivity contribution < 1.29 is 13.2 Å². The van der Waals surface area contributed by atoms with Crippen molar-refractivity contribution in [2.75, 3.05) is 22.9 Å². The number of carbonyl (C=O) groups is 1. The van der Waals surface area contributed by atoms with E-state index >= 15 is 0 Å². The molecule has 0 unspecified atom stereocenters. The maximum atomic E-state index is 12.3. The monoisotopic (exact) mass is 396 g/mol. The number of likely N-dealkylation sites (N-methyl/N-ethyl adjacent to an activating group) is 1. The van der Waals surface area contributed by atoms with E-state index in [1.165, 1.54) is 0 Å². The molecular weight excluding hydrogens is 380 g/mol. The van der Waals surface area contributed by atoms with Crippen LogP contribution in [0.2, 0.25) is 0 Å². The smallest absolute Gasteiger partial charge is 0.231 e. The molecule has 23 heavy (non-hydrogen) atoms. The molecule has 2 rings (SSSR count). The summed E-state index contributed by atoms with van der Waals surface area (Å²) in [5.74, 6) is -0.0491. The number of nitrogens with one attached hydrogen (secondary N) is 1. The summed E-state index contributed by atoms with van der Waals surface area (Å²) in [6.07, 6.45) is 1.38. The predicted octanol–water partition coefficient (Wildman–Crippen LogP) is 3.03. The minimum absolute atomic E-state index is 0.0491. The molecule has 0 aliphatic carbocycles.